The Morgan fingerprint density at radius 3 is 2.19 bits per heavy atom. The van der Waals surface area contributed by atoms with Crippen molar-refractivity contribution in [1.82, 2.24) is 5.16 Å². The van der Waals surface area contributed by atoms with E-state index in [4.69, 9.17) is 27.7 Å². The largest absolute Gasteiger partial charge is 0.360 e. The van der Waals surface area contributed by atoms with Crippen LogP contribution in [0.3, 0.4) is 0 Å². The lowest BCUT2D eigenvalue weighted by molar-refractivity contribution is 0.102. The molecule has 0 fully saturated rings. The second-order valence-corrected chi connectivity index (χ2v) is 8.15. The summed E-state index contributed by atoms with van der Waals surface area (Å²) in [4.78, 5) is 12.9. The second kappa shape index (κ2) is 7.37. The number of hydrogen-bond acceptors (Lipinski definition) is 3. The van der Waals surface area contributed by atoms with Gasteiger partial charge in [0.15, 0.2) is 0 Å². The minimum Gasteiger partial charge on any atom is -0.360 e. The summed E-state index contributed by atoms with van der Waals surface area (Å²) >= 11 is 12.5. The summed E-state index contributed by atoms with van der Waals surface area (Å²) in [5, 5.41) is 7.70. The molecule has 0 aliphatic heterocycles. The Hall–Kier alpha value is -2.30. The van der Waals surface area contributed by atoms with E-state index in [-0.39, 0.29) is 11.3 Å². The summed E-state index contributed by atoms with van der Waals surface area (Å²) in [6.07, 6.45) is 0. The molecule has 140 valence electrons. The maximum absolute atomic E-state index is 12.9. The summed E-state index contributed by atoms with van der Waals surface area (Å²) in [5.74, 6) is 0.0630. The van der Waals surface area contributed by atoms with E-state index in [0.29, 0.717) is 38.3 Å². The third-order valence-corrected chi connectivity index (χ3v) is 4.93. The highest BCUT2D eigenvalue weighted by atomic mass is 35.5. The lowest BCUT2D eigenvalue weighted by atomic mass is 9.87. The van der Waals surface area contributed by atoms with E-state index >= 15 is 0 Å². The summed E-state index contributed by atoms with van der Waals surface area (Å²) in [6.45, 7) is 8.10. The fraction of sp³-hybridized carbons (Fsp3) is 0.238. The van der Waals surface area contributed by atoms with Crippen LogP contribution in [0.2, 0.25) is 10.0 Å². The molecule has 1 N–H and O–H groups in total. The number of aromatic nitrogens is 1. The van der Waals surface area contributed by atoms with Crippen molar-refractivity contribution in [3.05, 3.63) is 69.4 Å². The summed E-state index contributed by atoms with van der Waals surface area (Å²) in [5.41, 5.74) is 3.03. The maximum atomic E-state index is 12.9. The predicted octanol–water partition coefficient (Wildman–Crippen LogP) is 6.51. The van der Waals surface area contributed by atoms with Gasteiger partial charge >= 0.3 is 0 Å². The number of nitrogens with one attached hydrogen (secondary N) is 1. The zero-order valence-corrected chi connectivity index (χ0v) is 17.1. The Morgan fingerprint density at radius 2 is 1.63 bits per heavy atom. The SMILES string of the molecule is Cc1onc(-c2c(Cl)cccc2Cl)c1C(=O)Nc1ccc(C(C)(C)C)cc1. The van der Waals surface area contributed by atoms with Crippen LogP contribution < -0.4 is 5.32 Å². The van der Waals surface area contributed by atoms with Gasteiger partial charge in [-0.15, -0.1) is 0 Å². The first-order valence-electron chi connectivity index (χ1n) is 8.51. The number of carbonyl (C=O) groups excluding carboxylic acids is 1. The van der Waals surface area contributed by atoms with E-state index < -0.39 is 0 Å². The van der Waals surface area contributed by atoms with E-state index in [1.165, 1.54) is 5.56 Å². The molecule has 1 amide bonds. The Bertz CT molecular complexity index is 966. The van der Waals surface area contributed by atoms with Gasteiger partial charge in [-0.1, -0.05) is 67.3 Å². The van der Waals surface area contributed by atoms with Gasteiger partial charge in [-0.05, 0) is 42.2 Å². The van der Waals surface area contributed by atoms with Gasteiger partial charge in [-0.25, -0.2) is 0 Å². The fourth-order valence-electron chi connectivity index (χ4n) is 2.78. The Labute approximate surface area is 168 Å². The molecule has 0 saturated heterocycles. The van der Waals surface area contributed by atoms with Crippen LogP contribution in [0.15, 0.2) is 47.0 Å². The zero-order valence-electron chi connectivity index (χ0n) is 15.6. The van der Waals surface area contributed by atoms with Crippen LogP contribution in [-0.2, 0) is 5.41 Å². The first-order valence-corrected chi connectivity index (χ1v) is 9.26. The number of aryl methyl sites for hydroxylation is 1. The highest BCUT2D eigenvalue weighted by Crippen LogP contribution is 2.37. The van der Waals surface area contributed by atoms with Gasteiger partial charge in [0, 0.05) is 11.3 Å². The van der Waals surface area contributed by atoms with Crippen LogP contribution in [0.5, 0.6) is 0 Å². The number of amides is 1. The average molecular weight is 403 g/mol. The summed E-state index contributed by atoms with van der Waals surface area (Å²) in [7, 11) is 0. The van der Waals surface area contributed by atoms with Gasteiger partial charge in [0.1, 0.15) is 17.0 Å². The Balaban J connectivity index is 1.94. The molecule has 0 spiro atoms. The smallest absolute Gasteiger partial charge is 0.261 e. The van der Waals surface area contributed by atoms with Gasteiger partial charge in [-0.2, -0.15) is 0 Å². The van der Waals surface area contributed by atoms with Crippen LogP contribution in [-0.4, -0.2) is 11.1 Å². The number of carbonyl (C=O) groups is 1. The normalized spacial score (nSPS) is 11.5. The predicted molar refractivity (Wildman–Crippen MR) is 110 cm³/mol. The third kappa shape index (κ3) is 4.02. The topological polar surface area (TPSA) is 55.1 Å². The maximum Gasteiger partial charge on any atom is 0.261 e. The van der Waals surface area contributed by atoms with Crippen molar-refractivity contribution < 1.29 is 9.32 Å². The minimum atomic E-state index is -0.330. The number of hydrogen-bond donors (Lipinski definition) is 1. The van der Waals surface area contributed by atoms with E-state index in [0.717, 1.165) is 0 Å². The van der Waals surface area contributed by atoms with E-state index in [9.17, 15) is 4.79 Å². The molecule has 0 bridgehead atoms. The average Bonchev–Trinajstić information content (AvgIpc) is 2.96. The molecule has 0 aliphatic carbocycles. The lowest BCUT2D eigenvalue weighted by Crippen LogP contribution is -2.14. The molecule has 0 aliphatic rings. The van der Waals surface area contributed by atoms with Crippen LogP contribution in [0, 0.1) is 6.92 Å². The number of rotatable bonds is 3. The molecular formula is C21H20Cl2N2O2. The minimum absolute atomic E-state index is 0.0432. The highest BCUT2D eigenvalue weighted by molar-refractivity contribution is 6.39. The number of halogens is 2. The van der Waals surface area contributed by atoms with E-state index in [1.54, 1.807) is 25.1 Å². The van der Waals surface area contributed by atoms with Crippen molar-refractivity contribution >= 4 is 34.8 Å². The molecule has 3 aromatic rings. The van der Waals surface area contributed by atoms with Gasteiger partial charge in [0.25, 0.3) is 5.91 Å². The van der Waals surface area contributed by atoms with Crippen LogP contribution in [0.1, 0.15) is 42.5 Å². The van der Waals surface area contributed by atoms with Crippen molar-refractivity contribution in [3.63, 3.8) is 0 Å². The monoisotopic (exact) mass is 402 g/mol. The first-order chi connectivity index (χ1) is 12.7. The van der Waals surface area contributed by atoms with Crippen LogP contribution in [0.4, 0.5) is 5.69 Å². The van der Waals surface area contributed by atoms with Gasteiger partial charge in [0.2, 0.25) is 0 Å². The molecule has 0 atom stereocenters. The van der Waals surface area contributed by atoms with Gasteiger partial charge in [-0.3, -0.25) is 4.79 Å². The van der Waals surface area contributed by atoms with Crippen molar-refractivity contribution in [2.75, 3.05) is 5.32 Å². The Kier molecular flexibility index (Phi) is 5.31. The highest BCUT2D eigenvalue weighted by Gasteiger charge is 2.25. The molecule has 0 saturated carbocycles. The molecule has 0 unspecified atom stereocenters. The summed E-state index contributed by atoms with van der Waals surface area (Å²) < 4.78 is 5.25. The Morgan fingerprint density at radius 1 is 1.04 bits per heavy atom. The molecule has 6 heteroatoms. The van der Waals surface area contributed by atoms with Gasteiger partial charge < -0.3 is 9.84 Å². The molecule has 1 heterocycles. The van der Waals surface area contributed by atoms with E-state index in [2.05, 4.69) is 31.2 Å². The van der Waals surface area contributed by atoms with E-state index in [1.807, 2.05) is 24.3 Å². The quantitative estimate of drug-likeness (QED) is 0.543. The van der Waals surface area contributed by atoms with Crippen LogP contribution >= 0.6 is 23.2 Å². The van der Waals surface area contributed by atoms with Crippen molar-refractivity contribution in [2.45, 2.75) is 33.1 Å². The van der Waals surface area contributed by atoms with Crippen molar-refractivity contribution in [1.29, 1.82) is 0 Å². The van der Waals surface area contributed by atoms with Crippen LogP contribution in [0.25, 0.3) is 11.3 Å². The number of anilines is 1. The molecular weight excluding hydrogens is 383 g/mol. The number of benzene rings is 2. The molecule has 2 aromatic carbocycles. The lowest BCUT2D eigenvalue weighted by Gasteiger charge is -2.19. The van der Waals surface area contributed by atoms with Gasteiger partial charge in [0.05, 0.1) is 10.0 Å². The standard InChI is InChI=1S/C21H20Cl2N2O2/c1-12-17(19(25-27-12)18-15(22)6-5-7-16(18)23)20(26)24-14-10-8-13(9-11-14)21(2,3)4/h5-11H,1-4H3,(H,24,26). The first kappa shape index (κ1) is 19.5. The van der Waals surface area contributed by atoms with Crippen molar-refractivity contribution in [3.8, 4) is 11.3 Å². The molecule has 0 radical (unpaired) electrons. The summed E-state index contributed by atoms with van der Waals surface area (Å²) in [6, 6.07) is 12.9. The molecule has 4 nitrogen and oxygen atoms in total. The molecule has 1 aromatic heterocycles. The van der Waals surface area contributed by atoms with Crippen molar-refractivity contribution in [2.24, 2.45) is 0 Å². The zero-order chi connectivity index (χ0) is 19.8. The molecule has 27 heavy (non-hydrogen) atoms. The third-order valence-electron chi connectivity index (χ3n) is 4.30. The second-order valence-electron chi connectivity index (χ2n) is 7.34. The fourth-order valence-corrected chi connectivity index (χ4v) is 3.36. The molecule has 3 rings (SSSR count). The number of nitrogens with zero attached hydrogens (tertiary/aromatic N) is 1.